The van der Waals surface area contributed by atoms with Crippen molar-refractivity contribution in [2.24, 2.45) is 0 Å². The number of benzene rings is 2. The monoisotopic (exact) mass is 389 g/mol. The summed E-state index contributed by atoms with van der Waals surface area (Å²) in [6.45, 7) is 0. The second kappa shape index (κ2) is 7.69. The number of anilines is 1. The van der Waals surface area contributed by atoms with Gasteiger partial charge in [0, 0.05) is 21.5 Å². The lowest BCUT2D eigenvalue weighted by molar-refractivity contribution is -0.115. The zero-order chi connectivity index (χ0) is 16.1. The number of halogens is 4. The Morgan fingerprint density at radius 2 is 1.82 bits per heavy atom. The molecule has 2 nitrogen and oxygen atoms in total. The molecular weight excluding hydrogens is 379 g/mol. The fraction of sp³-hybridized carbons (Fsp3) is 0.133. The summed E-state index contributed by atoms with van der Waals surface area (Å²) in [6.07, 6.45) is 0.116. The average Bonchev–Trinajstić information content (AvgIpc) is 2.50. The molecule has 0 aliphatic carbocycles. The summed E-state index contributed by atoms with van der Waals surface area (Å²) in [4.78, 5) is 12.7. The third-order valence-corrected chi connectivity index (χ3v) is 4.76. The molecule has 0 radical (unpaired) electrons. The predicted octanol–water partition coefficient (Wildman–Crippen LogP) is 4.99. The molecule has 116 valence electrons. The first-order valence-corrected chi connectivity index (χ1v) is 8.07. The van der Waals surface area contributed by atoms with Gasteiger partial charge in [0.15, 0.2) is 17.5 Å². The van der Waals surface area contributed by atoms with Gasteiger partial charge in [0.25, 0.3) is 0 Å². The molecule has 2 aromatic carbocycles. The van der Waals surface area contributed by atoms with Crippen LogP contribution in [0.1, 0.15) is 6.42 Å². The van der Waals surface area contributed by atoms with Gasteiger partial charge in [-0.3, -0.25) is 4.79 Å². The standard InChI is InChI=1S/C15H11BrF3NOS/c16-9-3-1-2-4-12(9)22-8-7-13(21)20-11-6-5-10(17)14(18)15(11)19/h1-6H,7-8H2,(H,20,21). The highest BCUT2D eigenvalue weighted by Crippen LogP contribution is 2.27. The Bertz CT molecular complexity index is 696. The Balaban J connectivity index is 1.89. The normalized spacial score (nSPS) is 10.5. The highest BCUT2D eigenvalue weighted by atomic mass is 79.9. The van der Waals surface area contributed by atoms with Gasteiger partial charge < -0.3 is 5.32 Å². The van der Waals surface area contributed by atoms with Gasteiger partial charge in [-0.15, -0.1) is 11.8 Å². The summed E-state index contributed by atoms with van der Waals surface area (Å²) in [5, 5.41) is 2.23. The molecular formula is C15H11BrF3NOS. The Morgan fingerprint density at radius 3 is 2.55 bits per heavy atom. The van der Waals surface area contributed by atoms with E-state index in [1.807, 2.05) is 24.3 Å². The van der Waals surface area contributed by atoms with Crippen molar-refractivity contribution in [3.63, 3.8) is 0 Å². The van der Waals surface area contributed by atoms with Crippen molar-refractivity contribution in [3.8, 4) is 0 Å². The topological polar surface area (TPSA) is 29.1 Å². The summed E-state index contributed by atoms with van der Waals surface area (Å²) < 4.78 is 40.2. The summed E-state index contributed by atoms with van der Waals surface area (Å²) in [5.74, 6) is -4.28. The lowest BCUT2D eigenvalue weighted by Crippen LogP contribution is -2.14. The summed E-state index contributed by atoms with van der Waals surface area (Å²) in [6, 6.07) is 9.31. The fourth-order valence-electron chi connectivity index (χ4n) is 1.65. The maximum Gasteiger partial charge on any atom is 0.225 e. The van der Waals surface area contributed by atoms with Crippen LogP contribution in [0.3, 0.4) is 0 Å². The molecule has 0 unspecified atom stereocenters. The van der Waals surface area contributed by atoms with Gasteiger partial charge in [-0.2, -0.15) is 0 Å². The molecule has 0 atom stereocenters. The summed E-state index contributed by atoms with van der Waals surface area (Å²) in [7, 11) is 0. The SMILES string of the molecule is O=C(CCSc1ccccc1Br)Nc1ccc(F)c(F)c1F. The van der Waals surface area contributed by atoms with Gasteiger partial charge in [-0.25, -0.2) is 13.2 Å². The third-order valence-electron chi connectivity index (χ3n) is 2.73. The van der Waals surface area contributed by atoms with E-state index in [0.717, 1.165) is 21.5 Å². The van der Waals surface area contributed by atoms with Crippen LogP contribution in [0, 0.1) is 17.5 Å². The molecule has 0 fully saturated rings. The van der Waals surface area contributed by atoms with Crippen molar-refractivity contribution in [1.29, 1.82) is 0 Å². The number of hydrogen-bond acceptors (Lipinski definition) is 2. The lowest BCUT2D eigenvalue weighted by atomic mass is 10.2. The quantitative estimate of drug-likeness (QED) is 0.576. The van der Waals surface area contributed by atoms with Crippen LogP contribution in [-0.4, -0.2) is 11.7 Å². The minimum absolute atomic E-state index is 0.116. The predicted molar refractivity (Wildman–Crippen MR) is 84.4 cm³/mol. The lowest BCUT2D eigenvalue weighted by Gasteiger charge is -2.08. The van der Waals surface area contributed by atoms with E-state index in [1.54, 1.807) is 0 Å². The second-order valence-corrected chi connectivity index (χ2v) is 6.29. The number of carbonyl (C=O) groups is 1. The number of carbonyl (C=O) groups excluding carboxylic acids is 1. The maximum absolute atomic E-state index is 13.4. The van der Waals surface area contributed by atoms with Gasteiger partial charge in [0.1, 0.15) is 0 Å². The van der Waals surface area contributed by atoms with Crippen molar-refractivity contribution < 1.29 is 18.0 Å². The Kier molecular flexibility index (Phi) is 5.90. The van der Waals surface area contributed by atoms with Crippen molar-refractivity contribution >= 4 is 39.3 Å². The van der Waals surface area contributed by atoms with Crippen LogP contribution in [0.4, 0.5) is 18.9 Å². The molecule has 0 heterocycles. The first-order chi connectivity index (χ1) is 10.5. The molecule has 2 rings (SSSR count). The Hall–Kier alpha value is -1.47. The second-order valence-electron chi connectivity index (χ2n) is 4.30. The van der Waals surface area contributed by atoms with E-state index in [1.165, 1.54) is 11.8 Å². The first-order valence-electron chi connectivity index (χ1n) is 6.29. The van der Waals surface area contributed by atoms with Crippen LogP contribution in [-0.2, 0) is 4.79 Å². The van der Waals surface area contributed by atoms with E-state index < -0.39 is 23.4 Å². The molecule has 0 saturated carbocycles. The molecule has 22 heavy (non-hydrogen) atoms. The molecule has 0 aliphatic heterocycles. The minimum atomic E-state index is -1.60. The molecule has 0 bridgehead atoms. The van der Waals surface area contributed by atoms with Crippen LogP contribution in [0.25, 0.3) is 0 Å². The molecule has 0 saturated heterocycles. The van der Waals surface area contributed by atoms with Crippen molar-refractivity contribution in [2.75, 3.05) is 11.1 Å². The van der Waals surface area contributed by atoms with E-state index in [4.69, 9.17) is 0 Å². The van der Waals surface area contributed by atoms with Crippen molar-refractivity contribution in [2.45, 2.75) is 11.3 Å². The molecule has 2 aromatic rings. The largest absolute Gasteiger partial charge is 0.323 e. The van der Waals surface area contributed by atoms with E-state index >= 15 is 0 Å². The minimum Gasteiger partial charge on any atom is -0.323 e. The van der Waals surface area contributed by atoms with Crippen LogP contribution in [0.5, 0.6) is 0 Å². The van der Waals surface area contributed by atoms with Crippen LogP contribution >= 0.6 is 27.7 Å². The smallest absolute Gasteiger partial charge is 0.225 e. The van der Waals surface area contributed by atoms with Gasteiger partial charge in [0.2, 0.25) is 5.91 Å². The van der Waals surface area contributed by atoms with Gasteiger partial charge in [0.05, 0.1) is 5.69 Å². The molecule has 0 spiro atoms. The summed E-state index contributed by atoms with van der Waals surface area (Å²) >= 11 is 4.85. The Morgan fingerprint density at radius 1 is 1.09 bits per heavy atom. The molecule has 0 aromatic heterocycles. The van der Waals surface area contributed by atoms with Gasteiger partial charge in [-0.1, -0.05) is 12.1 Å². The maximum atomic E-state index is 13.4. The van der Waals surface area contributed by atoms with Crippen molar-refractivity contribution in [1.82, 2.24) is 0 Å². The number of amides is 1. The molecule has 1 amide bonds. The van der Waals surface area contributed by atoms with Crippen LogP contribution in [0.2, 0.25) is 0 Å². The van der Waals surface area contributed by atoms with Gasteiger partial charge >= 0.3 is 0 Å². The number of hydrogen-bond donors (Lipinski definition) is 1. The highest BCUT2D eigenvalue weighted by Gasteiger charge is 2.15. The van der Waals surface area contributed by atoms with E-state index in [9.17, 15) is 18.0 Å². The third kappa shape index (κ3) is 4.27. The summed E-state index contributed by atoms with van der Waals surface area (Å²) in [5.41, 5.74) is -0.366. The van der Waals surface area contributed by atoms with Crippen LogP contribution in [0.15, 0.2) is 45.8 Å². The fourth-order valence-corrected chi connectivity index (χ4v) is 3.17. The number of thioether (sulfide) groups is 1. The van der Waals surface area contributed by atoms with E-state index in [0.29, 0.717) is 5.75 Å². The molecule has 7 heteroatoms. The molecule has 0 aliphatic rings. The first kappa shape index (κ1) is 16.9. The molecule has 1 N–H and O–H groups in total. The number of rotatable bonds is 5. The zero-order valence-electron chi connectivity index (χ0n) is 11.2. The number of nitrogens with one attached hydrogen (secondary N) is 1. The van der Waals surface area contributed by atoms with Crippen LogP contribution < -0.4 is 5.32 Å². The van der Waals surface area contributed by atoms with Crippen molar-refractivity contribution in [3.05, 3.63) is 58.3 Å². The van der Waals surface area contributed by atoms with E-state index in [-0.39, 0.29) is 12.1 Å². The van der Waals surface area contributed by atoms with E-state index in [2.05, 4.69) is 21.2 Å². The highest BCUT2D eigenvalue weighted by molar-refractivity contribution is 9.10. The zero-order valence-corrected chi connectivity index (χ0v) is 13.6. The van der Waals surface area contributed by atoms with Gasteiger partial charge in [-0.05, 0) is 40.2 Å². The average molecular weight is 390 g/mol. The Labute approximate surface area is 138 Å².